The Labute approximate surface area is 231 Å². The number of aliphatic hydroxyl groups excluding tert-OH is 1. The maximum absolute atomic E-state index is 14.7. The van der Waals surface area contributed by atoms with E-state index in [4.69, 9.17) is 24.1 Å². The lowest BCUT2D eigenvalue weighted by molar-refractivity contribution is -0.137. The number of methoxy groups -OCH3 is 2. The molecule has 10 heteroatoms. The molecule has 3 aromatic carbocycles. The molecule has 0 spiro atoms. The lowest BCUT2D eigenvalue weighted by Crippen LogP contribution is -2.14. The Morgan fingerprint density at radius 2 is 1.60 bits per heavy atom. The van der Waals surface area contributed by atoms with E-state index in [0.717, 1.165) is 5.56 Å². The zero-order valence-corrected chi connectivity index (χ0v) is 22.9. The highest BCUT2D eigenvalue weighted by molar-refractivity contribution is 5.90. The fourth-order valence-corrected chi connectivity index (χ4v) is 4.55. The number of para-hydroxylation sites is 2. The fourth-order valence-electron chi connectivity index (χ4n) is 4.55. The molecule has 0 fully saturated rings. The molecule has 7 nitrogen and oxygen atoms in total. The minimum absolute atomic E-state index is 0.0216. The summed E-state index contributed by atoms with van der Waals surface area (Å²) in [6.07, 6.45) is -4.73. The van der Waals surface area contributed by atoms with Gasteiger partial charge in [-0.25, -0.2) is 4.98 Å². The number of halogens is 3. The van der Waals surface area contributed by atoms with Crippen LogP contribution in [0.4, 0.5) is 13.2 Å². The molecule has 40 heavy (non-hydrogen) atoms. The zero-order chi connectivity index (χ0) is 28.9. The molecule has 0 bridgehead atoms. The average Bonchev–Trinajstić information content (AvgIpc) is 3.31. The molecular formula is C30H33F3N2O5. The van der Waals surface area contributed by atoms with Gasteiger partial charge in [0.05, 0.1) is 25.9 Å². The number of hydrogen-bond donors (Lipinski definition) is 1. The maximum atomic E-state index is 14.7. The first-order chi connectivity index (χ1) is 19.2. The third-order valence-corrected chi connectivity index (χ3v) is 6.50. The topological polar surface area (TPSA) is 75.0 Å². The van der Waals surface area contributed by atoms with Gasteiger partial charge in [-0.3, -0.25) is 0 Å². The molecule has 0 aliphatic carbocycles. The van der Waals surface area contributed by atoms with Crippen molar-refractivity contribution in [1.29, 1.82) is 0 Å². The number of rotatable bonds is 12. The normalized spacial score (nSPS) is 11.8. The standard InChI is InChI=1S/C30H33F3N2O5/c1-19(2)20-9-11-21(12-10-20)29-34-27-26(30(31,32)33)22(17-25(38-4)28(27)35(29)13-15-37-3)18-40-24-8-6-5-7-23(24)39-16-14-36/h5-12,17,19,36H,13-16,18H2,1-4H3. The Balaban J connectivity index is 1.88. The summed E-state index contributed by atoms with van der Waals surface area (Å²) in [4.78, 5) is 4.56. The van der Waals surface area contributed by atoms with Gasteiger partial charge in [-0.2, -0.15) is 13.2 Å². The Hall–Kier alpha value is -3.76. The number of ether oxygens (including phenoxy) is 4. The number of aliphatic hydroxyl groups is 1. The van der Waals surface area contributed by atoms with Crippen molar-refractivity contribution in [2.24, 2.45) is 0 Å². The molecule has 1 heterocycles. The molecule has 0 saturated heterocycles. The smallest absolute Gasteiger partial charge is 0.418 e. The van der Waals surface area contributed by atoms with Gasteiger partial charge in [0.1, 0.15) is 35.8 Å². The van der Waals surface area contributed by atoms with Crippen LogP contribution in [0.1, 0.15) is 36.5 Å². The van der Waals surface area contributed by atoms with Crippen molar-refractivity contribution in [3.8, 4) is 28.6 Å². The van der Waals surface area contributed by atoms with Crippen molar-refractivity contribution in [1.82, 2.24) is 9.55 Å². The van der Waals surface area contributed by atoms with E-state index in [2.05, 4.69) is 18.8 Å². The van der Waals surface area contributed by atoms with E-state index < -0.39 is 18.3 Å². The molecule has 1 N–H and O–H groups in total. The van der Waals surface area contributed by atoms with E-state index in [1.54, 1.807) is 28.8 Å². The molecule has 0 radical (unpaired) electrons. The molecule has 0 unspecified atom stereocenters. The van der Waals surface area contributed by atoms with E-state index in [9.17, 15) is 13.2 Å². The molecule has 0 saturated carbocycles. The summed E-state index contributed by atoms with van der Waals surface area (Å²) in [5, 5.41) is 9.09. The van der Waals surface area contributed by atoms with Crippen LogP contribution in [0, 0.1) is 0 Å². The van der Waals surface area contributed by atoms with E-state index in [-0.39, 0.29) is 54.5 Å². The minimum Gasteiger partial charge on any atom is -0.494 e. The van der Waals surface area contributed by atoms with Crippen LogP contribution in [0.3, 0.4) is 0 Å². The summed E-state index contributed by atoms with van der Waals surface area (Å²) >= 11 is 0. The predicted octanol–water partition coefficient (Wildman–Crippen LogP) is 6.45. The van der Waals surface area contributed by atoms with Crippen LogP contribution >= 0.6 is 0 Å². The third-order valence-electron chi connectivity index (χ3n) is 6.50. The Bertz CT molecular complexity index is 1430. The molecule has 1 aromatic heterocycles. The highest BCUT2D eigenvalue weighted by Gasteiger charge is 2.39. The van der Waals surface area contributed by atoms with Crippen LogP contribution in [0.5, 0.6) is 17.2 Å². The maximum Gasteiger partial charge on any atom is 0.418 e. The number of imidazole rings is 1. The molecule has 214 valence electrons. The van der Waals surface area contributed by atoms with E-state index in [0.29, 0.717) is 23.1 Å². The molecular weight excluding hydrogens is 525 g/mol. The van der Waals surface area contributed by atoms with Crippen molar-refractivity contribution in [2.45, 2.75) is 39.1 Å². The first-order valence-electron chi connectivity index (χ1n) is 12.9. The molecule has 0 aliphatic rings. The monoisotopic (exact) mass is 558 g/mol. The zero-order valence-electron chi connectivity index (χ0n) is 22.9. The van der Waals surface area contributed by atoms with Crippen LogP contribution in [0.15, 0.2) is 54.6 Å². The number of aromatic nitrogens is 2. The largest absolute Gasteiger partial charge is 0.494 e. The summed E-state index contributed by atoms with van der Waals surface area (Å²) in [6.45, 7) is 4.08. The number of alkyl halides is 3. The first kappa shape index (κ1) is 29.2. The van der Waals surface area contributed by atoms with Gasteiger partial charge in [-0.15, -0.1) is 0 Å². The van der Waals surface area contributed by atoms with Gasteiger partial charge < -0.3 is 28.6 Å². The summed E-state index contributed by atoms with van der Waals surface area (Å²) in [5.74, 6) is 1.49. The van der Waals surface area contributed by atoms with Crippen LogP contribution in [-0.2, 0) is 24.1 Å². The lowest BCUT2D eigenvalue weighted by atomic mass is 10.0. The molecule has 4 rings (SSSR count). The highest BCUT2D eigenvalue weighted by Crippen LogP contribution is 2.43. The first-order valence-corrected chi connectivity index (χ1v) is 12.9. The van der Waals surface area contributed by atoms with Crippen molar-refractivity contribution in [2.75, 3.05) is 34.0 Å². The van der Waals surface area contributed by atoms with Gasteiger partial charge in [0.2, 0.25) is 0 Å². The summed E-state index contributed by atoms with van der Waals surface area (Å²) < 4.78 is 68.0. The van der Waals surface area contributed by atoms with Gasteiger partial charge in [-0.05, 0) is 29.7 Å². The van der Waals surface area contributed by atoms with Gasteiger partial charge in [0.15, 0.2) is 11.5 Å². The molecule has 0 aliphatic heterocycles. The molecule has 0 amide bonds. The van der Waals surface area contributed by atoms with Gasteiger partial charge in [-0.1, -0.05) is 50.2 Å². The Kier molecular flexibility index (Phi) is 9.21. The number of benzene rings is 3. The summed E-state index contributed by atoms with van der Waals surface area (Å²) in [7, 11) is 2.95. The third kappa shape index (κ3) is 6.18. The van der Waals surface area contributed by atoms with Crippen LogP contribution in [-0.4, -0.2) is 48.7 Å². The minimum atomic E-state index is -4.73. The van der Waals surface area contributed by atoms with Crippen LogP contribution < -0.4 is 14.2 Å². The predicted molar refractivity (Wildman–Crippen MR) is 146 cm³/mol. The summed E-state index contributed by atoms with van der Waals surface area (Å²) in [5.41, 5.74) is 0.763. The van der Waals surface area contributed by atoms with Gasteiger partial charge >= 0.3 is 6.18 Å². The Morgan fingerprint density at radius 3 is 2.17 bits per heavy atom. The molecule has 4 aromatic rings. The summed E-state index contributed by atoms with van der Waals surface area (Å²) in [6, 6.07) is 15.6. The van der Waals surface area contributed by atoms with Gasteiger partial charge in [0, 0.05) is 24.8 Å². The van der Waals surface area contributed by atoms with E-state index in [1.165, 1.54) is 20.3 Å². The second-order valence-electron chi connectivity index (χ2n) is 9.47. The van der Waals surface area contributed by atoms with Crippen molar-refractivity contribution in [3.63, 3.8) is 0 Å². The van der Waals surface area contributed by atoms with Gasteiger partial charge in [0.25, 0.3) is 0 Å². The number of fused-ring (bicyclic) bond motifs is 1. The SMILES string of the molecule is COCCn1c(-c2ccc(C(C)C)cc2)nc2c(C(F)(F)F)c(COc3ccccc3OCCO)cc(OC)c21. The highest BCUT2D eigenvalue weighted by atomic mass is 19.4. The van der Waals surface area contributed by atoms with Crippen molar-refractivity contribution >= 4 is 11.0 Å². The average molecular weight is 559 g/mol. The van der Waals surface area contributed by atoms with Crippen molar-refractivity contribution in [3.05, 3.63) is 71.3 Å². The second-order valence-corrected chi connectivity index (χ2v) is 9.47. The quantitative estimate of drug-likeness (QED) is 0.215. The Morgan fingerprint density at radius 1 is 0.925 bits per heavy atom. The van der Waals surface area contributed by atoms with Crippen LogP contribution in [0.25, 0.3) is 22.4 Å². The van der Waals surface area contributed by atoms with Crippen LogP contribution in [0.2, 0.25) is 0 Å². The molecule has 0 atom stereocenters. The van der Waals surface area contributed by atoms with Crippen molar-refractivity contribution < 1.29 is 37.2 Å². The number of nitrogens with zero attached hydrogens (tertiary/aromatic N) is 2. The number of hydrogen-bond acceptors (Lipinski definition) is 6. The lowest BCUT2D eigenvalue weighted by Gasteiger charge is -2.18. The van der Waals surface area contributed by atoms with E-state index >= 15 is 0 Å². The fraction of sp³-hybridized carbons (Fsp3) is 0.367. The van der Waals surface area contributed by atoms with E-state index in [1.807, 2.05) is 24.3 Å². The second kappa shape index (κ2) is 12.6.